The highest BCUT2D eigenvalue weighted by molar-refractivity contribution is 5.15. The van der Waals surface area contributed by atoms with Crippen LogP contribution in [0.15, 0.2) is 0 Å². The van der Waals surface area contributed by atoms with Gasteiger partial charge >= 0.3 is 6.18 Å². The molecule has 2 saturated carbocycles. The Balaban J connectivity index is 0.000000396. The summed E-state index contributed by atoms with van der Waals surface area (Å²) in [6, 6.07) is 0. The van der Waals surface area contributed by atoms with E-state index in [0.717, 1.165) is 12.8 Å². The van der Waals surface area contributed by atoms with Crippen LogP contribution in [0.5, 0.6) is 0 Å². The number of alkyl halides is 3. The van der Waals surface area contributed by atoms with Gasteiger partial charge < -0.3 is 0 Å². The topological polar surface area (TPSA) is 0 Å². The van der Waals surface area contributed by atoms with Crippen LogP contribution in [-0.2, 0) is 0 Å². The molecule has 2 aliphatic carbocycles. The molecule has 0 saturated heterocycles. The first-order chi connectivity index (χ1) is 5.99. The van der Waals surface area contributed by atoms with E-state index in [9.17, 15) is 13.2 Å². The number of fused-ring (bicyclic) bond motifs is 1. The lowest BCUT2D eigenvalue weighted by Gasteiger charge is -2.35. The first kappa shape index (κ1) is 10.9. The molecule has 3 atom stereocenters. The molecule has 0 bridgehead atoms. The lowest BCUT2D eigenvalue weighted by molar-refractivity contribution is -0.207. The van der Waals surface area contributed by atoms with E-state index in [4.69, 9.17) is 0 Å². The average Bonchev–Trinajstić information content (AvgIpc) is 2.58. The lowest BCUT2D eigenvalue weighted by Crippen LogP contribution is -2.37. The Bertz CT molecular complexity index is 185. The third-order valence-electron chi connectivity index (χ3n) is 3.49. The van der Waals surface area contributed by atoms with Crippen LogP contribution in [0.2, 0.25) is 0 Å². The summed E-state index contributed by atoms with van der Waals surface area (Å²) in [5.41, 5.74) is 0.139. The number of halogens is 3. The van der Waals surface area contributed by atoms with Gasteiger partial charge in [-0.25, -0.2) is 0 Å². The Labute approximate surface area is 77.5 Å². The maximum atomic E-state index is 12.1. The van der Waals surface area contributed by atoms with Gasteiger partial charge in [-0.15, -0.1) is 0 Å². The van der Waals surface area contributed by atoms with Crippen LogP contribution >= 0.6 is 0 Å². The van der Waals surface area contributed by atoms with E-state index in [-0.39, 0.29) is 11.3 Å². The smallest absolute Gasteiger partial charge is 0.171 e. The van der Waals surface area contributed by atoms with Crippen LogP contribution < -0.4 is 0 Å². The number of hydrogen-bond donors (Lipinski definition) is 0. The largest absolute Gasteiger partial charge is 0.392 e. The molecule has 0 aromatic carbocycles. The van der Waals surface area contributed by atoms with Crippen molar-refractivity contribution in [1.29, 1.82) is 0 Å². The maximum absolute atomic E-state index is 12.1. The molecule has 2 rings (SSSR count). The summed E-state index contributed by atoms with van der Waals surface area (Å²) in [5.74, 6) is -0.963. The third kappa shape index (κ3) is 1.57. The van der Waals surface area contributed by atoms with Gasteiger partial charge in [-0.2, -0.15) is 13.2 Å². The summed E-state index contributed by atoms with van der Waals surface area (Å²) in [6.07, 6.45) is -1.75. The highest BCUT2D eigenvalue weighted by atomic mass is 19.4. The Kier molecular flexibility index (Phi) is 2.65. The van der Waals surface area contributed by atoms with Crippen molar-refractivity contribution < 1.29 is 13.2 Å². The second kappa shape index (κ2) is 3.18. The average molecular weight is 194 g/mol. The minimum Gasteiger partial charge on any atom is -0.171 e. The molecule has 0 heterocycles. The summed E-state index contributed by atoms with van der Waals surface area (Å²) >= 11 is 0. The van der Waals surface area contributed by atoms with Gasteiger partial charge in [0.1, 0.15) is 0 Å². The summed E-state index contributed by atoms with van der Waals surface area (Å²) in [7, 11) is 0. The van der Waals surface area contributed by atoms with Crippen molar-refractivity contribution in [3.63, 3.8) is 0 Å². The van der Waals surface area contributed by atoms with Crippen molar-refractivity contribution in [2.75, 3.05) is 0 Å². The van der Waals surface area contributed by atoms with Crippen molar-refractivity contribution in [3.8, 4) is 0 Å². The molecular weight excluding hydrogens is 177 g/mol. The van der Waals surface area contributed by atoms with Gasteiger partial charge in [-0.1, -0.05) is 27.2 Å². The summed E-state index contributed by atoms with van der Waals surface area (Å²) in [5, 5.41) is 0. The predicted octanol–water partition coefficient (Wildman–Crippen LogP) is 4.01. The molecule has 2 fully saturated rings. The van der Waals surface area contributed by atoms with Crippen molar-refractivity contribution in [1.82, 2.24) is 0 Å². The quantitative estimate of drug-likeness (QED) is 0.591. The Hall–Kier alpha value is -0.210. The minimum atomic E-state index is -3.92. The highest BCUT2D eigenvalue weighted by Gasteiger charge is 2.72. The predicted molar refractivity (Wildman–Crippen MR) is 46.3 cm³/mol. The molecular formula is C10H17F3. The second-order valence-electron chi connectivity index (χ2n) is 3.88. The van der Waals surface area contributed by atoms with Crippen LogP contribution in [0.3, 0.4) is 0 Å². The number of rotatable bonds is 1. The Morgan fingerprint density at radius 3 is 2.00 bits per heavy atom. The molecule has 3 unspecified atom stereocenters. The lowest BCUT2D eigenvalue weighted by atomic mass is 9.73. The fourth-order valence-corrected chi connectivity index (χ4v) is 2.50. The Morgan fingerprint density at radius 1 is 1.23 bits per heavy atom. The normalized spacial score (nSPS) is 41.1. The van der Waals surface area contributed by atoms with E-state index in [2.05, 4.69) is 0 Å². The SMILES string of the molecule is CC.CCC12CC(C(F)(F)F)C1C2. The van der Waals surface area contributed by atoms with Crippen LogP contribution in [0, 0.1) is 17.3 Å². The summed E-state index contributed by atoms with van der Waals surface area (Å²) < 4.78 is 36.3. The van der Waals surface area contributed by atoms with Gasteiger partial charge in [0, 0.05) is 0 Å². The van der Waals surface area contributed by atoms with Crippen molar-refractivity contribution in [3.05, 3.63) is 0 Å². The molecule has 0 spiro atoms. The van der Waals surface area contributed by atoms with Gasteiger partial charge in [0.05, 0.1) is 5.92 Å². The molecule has 0 aliphatic heterocycles. The molecule has 0 aromatic heterocycles. The van der Waals surface area contributed by atoms with Gasteiger partial charge in [-0.3, -0.25) is 0 Å². The molecule has 0 nitrogen and oxygen atoms in total. The first-order valence-corrected chi connectivity index (χ1v) is 5.06. The monoisotopic (exact) mass is 194 g/mol. The molecule has 0 amide bonds. The van der Waals surface area contributed by atoms with Crippen molar-refractivity contribution in [2.45, 2.75) is 46.2 Å². The van der Waals surface area contributed by atoms with Crippen molar-refractivity contribution >= 4 is 0 Å². The fourth-order valence-electron chi connectivity index (χ4n) is 2.50. The van der Waals surface area contributed by atoms with E-state index < -0.39 is 12.1 Å². The van der Waals surface area contributed by atoms with Crippen LogP contribution in [-0.4, -0.2) is 6.18 Å². The molecule has 2 aliphatic rings. The van der Waals surface area contributed by atoms with Crippen LogP contribution in [0.4, 0.5) is 13.2 Å². The fraction of sp³-hybridized carbons (Fsp3) is 1.00. The second-order valence-corrected chi connectivity index (χ2v) is 3.88. The molecule has 0 radical (unpaired) electrons. The van der Waals surface area contributed by atoms with E-state index in [1.165, 1.54) is 0 Å². The summed E-state index contributed by atoms with van der Waals surface area (Å²) in [6.45, 7) is 5.99. The van der Waals surface area contributed by atoms with E-state index in [1.807, 2.05) is 20.8 Å². The highest BCUT2D eigenvalue weighted by Crippen LogP contribution is 2.75. The van der Waals surface area contributed by atoms with E-state index in [0.29, 0.717) is 6.42 Å². The van der Waals surface area contributed by atoms with E-state index in [1.54, 1.807) is 0 Å². The molecule has 0 aromatic rings. The van der Waals surface area contributed by atoms with Crippen LogP contribution in [0.25, 0.3) is 0 Å². The zero-order chi connectivity index (χ0) is 10.3. The van der Waals surface area contributed by atoms with Gasteiger partial charge in [0.2, 0.25) is 0 Å². The Morgan fingerprint density at radius 2 is 1.77 bits per heavy atom. The third-order valence-corrected chi connectivity index (χ3v) is 3.49. The minimum absolute atomic E-state index is 0.00694. The molecule has 78 valence electrons. The molecule has 13 heavy (non-hydrogen) atoms. The first-order valence-electron chi connectivity index (χ1n) is 5.06. The molecule has 3 heteroatoms. The van der Waals surface area contributed by atoms with Gasteiger partial charge in [-0.05, 0) is 24.2 Å². The summed E-state index contributed by atoms with van der Waals surface area (Å²) in [4.78, 5) is 0. The maximum Gasteiger partial charge on any atom is 0.392 e. The van der Waals surface area contributed by atoms with E-state index >= 15 is 0 Å². The zero-order valence-corrected chi connectivity index (χ0v) is 8.41. The molecule has 0 N–H and O–H groups in total. The van der Waals surface area contributed by atoms with Crippen LogP contribution in [0.1, 0.15) is 40.0 Å². The van der Waals surface area contributed by atoms with Crippen molar-refractivity contribution in [2.24, 2.45) is 17.3 Å². The number of hydrogen-bond acceptors (Lipinski definition) is 0. The zero-order valence-electron chi connectivity index (χ0n) is 8.41. The van der Waals surface area contributed by atoms with Gasteiger partial charge in [0.15, 0.2) is 0 Å². The van der Waals surface area contributed by atoms with Gasteiger partial charge in [0.25, 0.3) is 0 Å². The standard InChI is InChI=1S/C8H11F3.C2H6/c1-2-7-3-5(7)6(4-7)8(9,10)11;1-2/h5-6H,2-4H2,1H3;1-2H3.